The Hall–Kier alpha value is -4.20. The Morgan fingerprint density at radius 2 is 1.78 bits per heavy atom. The molecular weight excluding hydrogens is 468 g/mol. The summed E-state index contributed by atoms with van der Waals surface area (Å²) < 4.78 is 6.94. The minimum atomic E-state index is -0.879. The highest BCUT2D eigenvalue weighted by Crippen LogP contribution is 2.34. The van der Waals surface area contributed by atoms with Crippen LogP contribution in [0.5, 0.6) is 5.75 Å². The maximum Gasteiger partial charge on any atom is 0.304 e. The number of ether oxygens (including phenoxy) is 1. The molecule has 0 bridgehead atoms. The van der Waals surface area contributed by atoms with Gasteiger partial charge >= 0.3 is 5.97 Å². The van der Waals surface area contributed by atoms with Gasteiger partial charge in [-0.15, -0.1) is 5.10 Å². The van der Waals surface area contributed by atoms with Crippen LogP contribution in [0.15, 0.2) is 54.6 Å². The van der Waals surface area contributed by atoms with E-state index < -0.39 is 5.97 Å². The number of aliphatic carboxylic acids is 1. The third kappa shape index (κ3) is 5.63. The fraction of sp³-hybridized carbons (Fsp3) is 0.310. The second-order valence-electron chi connectivity index (χ2n) is 9.42. The van der Waals surface area contributed by atoms with Crippen LogP contribution in [-0.2, 0) is 29.7 Å². The molecule has 0 aliphatic rings. The summed E-state index contributed by atoms with van der Waals surface area (Å²) in [6.45, 7) is 6.42. The van der Waals surface area contributed by atoms with Gasteiger partial charge in [-0.3, -0.25) is 9.59 Å². The highest BCUT2D eigenvalue weighted by atomic mass is 16.5. The van der Waals surface area contributed by atoms with Crippen molar-refractivity contribution in [1.29, 1.82) is 0 Å². The molecule has 4 aromatic rings. The first-order valence-electron chi connectivity index (χ1n) is 12.2. The number of hydrogen-bond donors (Lipinski definition) is 1. The molecule has 1 N–H and O–H groups in total. The molecule has 1 aromatic heterocycles. The zero-order valence-corrected chi connectivity index (χ0v) is 21.9. The number of fused-ring (bicyclic) bond motifs is 1. The molecule has 1 heterocycles. The number of aromatic nitrogens is 3. The molecule has 0 aliphatic heterocycles. The van der Waals surface area contributed by atoms with E-state index in [1.165, 1.54) is 0 Å². The lowest BCUT2D eigenvalue weighted by molar-refractivity contribution is -0.137. The van der Waals surface area contributed by atoms with Crippen LogP contribution in [0.3, 0.4) is 0 Å². The number of hydrogen-bond acceptors (Lipinski definition) is 5. The molecule has 8 nitrogen and oxygen atoms in total. The average Bonchev–Trinajstić information content (AvgIpc) is 3.25. The third-order valence-corrected chi connectivity index (χ3v) is 6.95. The van der Waals surface area contributed by atoms with Crippen LogP contribution in [-0.4, -0.2) is 44.0 Å². The highest BCUT2D eigenvalue weighted by Gasteiger charge is 2.23. The summed E-state index contributed by atoms with van der Waals surface area (Å²) >= 11 is 0. The molecule has 1 unspecified atom stereocenters. The van der Waals surface area contributed by atoms with Gasteiger partial charge in [-0.1, -0.05) is 41.6 Å². The number of carboxylic acids is 1. The van der Waals surface area contributed by atoms with Crippen LogP contribution in [0.4, 0.5) is 0 Å². The summed E-state index contributed by atoms with van der Waals surface area (Å²) in [7, 11) is 3.46. The molecule has 1 amide bonds. The molecule has 3 aromatic carbocycles. The van der Waals surface area contributed by atoms with Gasteiger partial charge in [-0.2, -0.15) is 0 Å². The molecule has 37 heavy (non-hydrogen) atoms. The molecular formula is C29H32N4O4. The number of carbonyl (C=O) groups excluding carboxylic acids is 1. The number of benzene rings is 3. The minimum absolute atomic E-state index is 0.0355. The highest BCUT2D eigenvalue weighted by molar-refractivity contribution is 5.80. The van der Waals surface area contributed by atoms with Crippen molar-refractivity contribution in [1.82, 2.24) is 19.9 Å². The van der Waals surface area contributed by atoms with E-state index >= 15 is 0 Å². The largest absolute Gasteiger partial charge is 0.497 e. The van der Waals surface area contributed by atoms with E-state index in [2.05, 4.69) is 10.3 Å². The Morgan fingerprint density at radius 3 is 2.43 bits per heavy atom. The normalized spacial score (nSPS) is 11.9. The van der Waals surface area contributed by atoms with Gasteiger partial charge in [0.1, 0.15) is 11.3 Å². The first kappa shape index (κ1) is 25.9. The number of carboxylic acid groups (broad SMARTS) is 1. The van der Waals surface area contributed by atoms with Gasteiger partial charge in [0.2, 0.25) is 5.91 Å². The fourth-order valence-electron chi connectivity index (χ4n) is 4.72. The summed E-state index contributed by atoms with van der Waals surface area (Å²) in [5, 5.41) is 18.2. The Balaban J connectivity index is 1.68. The number of methoxy groups -OCH3 is 1. The molecule has 1 atom stereocenters. The van der Waals surface area contributed by atoms with Crippen molar-refractivity contribution in [3.05, 3.63) is 88.0 Å². The maximum atomic E-state index is 12.6. The molecule has 192 valence electrons. The Labute approximate surface area is 216 Å². The van der Waals surface area contributed by atoms with Crippen LogP contribution in [0.25, 0.3) is 11.0 Å². The quantitative estimate of drug-likeness (QED) is 0.356. The van der Waals surface area contributed by atoms with Crippen molar-refractivity contribution in [2.24, 2.45) is 7.05 Å². The van der Waals surface area contributed by atoms with Gasteiger partial charge in [0.05, 0.1) is 19.0 Å². The van der Waals surface area contributed by atoms with Crippen LogP contribution < -0.4 is 4.74 Å². The maximum absolute atomic E-state index is 12.6. The fourth-order valence-corrected chi connectivity index (χ4v) is 4.72. The zero-order valence-electron chi connectivity index (χ0n) is 21.9. The van der Waals surface area contributed by atoms with Gasteiger partial charge in [-0.05, 0) is 65.4 Å². The van der Waals surface area contributed by atoms with Crippen molar-refractivity contribution >= 4 is 22.9 Å². The smallest absolute Gasteiger partial charge is 0.304 e. The molecule has 0 saturated heterocycles. The number of rotatable bonds is 9. The van der Waals surface area contributed by atoms with Gasteiger partial charge < -0.3 is 14.7 Å². The van der Waals surface area contributed by atoms with Crippen LogP contribution in [0.1, 0.15) is 52.6 Å². The molecule has 0 fully saturated rings. The summed E-state index contributed by atoms with van der Waals surface area (Å²) in [4.78, 5) is 26.3. The van der Waals surface area contributed by atoms with E-state index in [9.17, 15) is 14.7 Å². The summed E-state index contributed by atoms with van der Waals surface area (Å²) in [6, 6.07) is 17.6. The average molecular weight is 501 g/mol. The number of amides is 1. The van der Waals surface area contributed by atoms with Gasteiger partial charge in [-0.25, -0.2) is 4.68 Å². The van der Waals surface area contributed by atoms with Crippen LogP contribution in [0.2, 0.25) is 0 Å². The van der Waals surface area contributed by atoms with E-state index in [-0.39, 0.29) is 18.2 Å². The van der Waals surface area contributed by atoms with E-state index in [4.69, 9.17) is 4.74 Å². The van der Waals surface area contributed by atoms with Gasteiger partial charge in [0.25, 0.3) is 0 Å². The SMILES string of the molecule is COc1ccc(CN(Cc2cc(C(CC(=O)O)c3ccc4c(nnn4C)c3C)ccc2C)C(C)=O)cc1. The van der Waals surface area contributed by atoms with E-state index in [0.29, 0.717) is 13.1 Å². The Morgan fingerprint density at radius 1 is 1.05 bits per heavy atom. The van der Waals surface area contributed by atoms with Crippen molar-refractivity contribution in [3.63, 3.8) is 0 Å². The Kier molecular flexibility index (Phi) is 7.57. The molecule has 0 spiro atoms. The second kappa shape index (κ2) is 10.8. The van der Waals surface area contributed by atoms with Gasteiger partial charge in [0.15, 0.2) is 0 Å². The second-order valence-corrected chi connectivity index (χ2v) is 9.42. The molecule has 8 heteroatoms. The molecule has 0 saturated carbocycles. The zero-order chi connectivity index (χ0) is 26.7. The lowest BCUT2D eigenvalue weighted by atomic mass is 9.84. The van der Waals surface area contributed by atoms with Crippen molar-refractivity contribution in [3.8, 4) is 5.75 Å². The molecule has 0 aliphatic carbocycles. The van der Waals surface area contributed by atoms with Crippen molar-refractivity contribution in [2.75, 3.05) is 7.11 Å². The Bertz CT molecular complexity index is 1440. The van der Waals surface area contributed by atoms with E-state index in [0.717, 1.165) is 50.2 Å². The molecule has 0 radical (unpaired) electrons. The summed E-state index contributed by atoms with van der Waals surface area (Å²) in [5.74, 6) is -0.515. The van der Waals surface area contributed by atoms with E-state index in [1.54, 1.807) is 23.6 Å². The predicted octanol–water partition coefficient (Wildman–Crippen LogP) is 4.75. The van der Waals surface area contributed by atoms with Gasteiger partial charge in [0, 0.05) is 33.0 Å². The lowest BCUT2D eigenvalue weighted by Gasteiger charge is -2.24. The standard InChI is InChI=1S/C29H32N4O4/c1-18-6-9-22(14-23(18)17-33(20(3)34)16-21-7-10-24(37-5)11-8-21)26(15-28(35)36)25-12-13-27-29(19(25)2)30-31-32(27)4/h6-14,26H,15-17H2,1-5H3,(H,35,36). The predicted molar refractivity (Wildman–Crippen MR) is 141 cm³/mol. The van der Waals surface area contributed by atoms with Crippen molar-refractivity contribution < 1.29 is 19.4 Å². The number of aryl methyl sites for hydroxylation is 3. The number of carbonyl (C=O) groups is 2. The number of nitrogens with zero attached hydrogens (tertiary/aromatic N) is 4. The lowest BCUT2D eigenvalue weighted by Crippen LogP contribution is -2.28. The third-order valence-electron chi connectivity index (χ3n) is 6.95. The summed E-state index contributed by atoms with van der Waals surface area (Å²) in [5.41, 5.74) is 7.41. The minimum Gasteiger partial charge on any atom is -0.497 e. The topological polar surface area (TPSA) is 97.5 Å². The van der Waals surface area contributed by atoms with Crippen LogP contribution >= 0.6 is 0 Å². The first-order chi connectivity index (χ1) is 17.7. The van der Waals surface area contributed by atoms with Crippen molar-refractivity contribution in [2.45, 2.75) is 46.2 Å². The van der Waals surface area contributed by atoms with E-state index in [1.807, 2.05) is 75.5 Å². The molecule has 4 rings (SSSR count). The van der Waals surface area contributed by atoms with Crippen LogP contribution in [0, 0.1) is 13.8 Å². The first-order valence-corrected chi connectivity index (χ1v) is 12.2. The summed E-state index contributed by atoms with van der Waals surface area (Å²) in [6.07, 6.45) is -0.0582. The monoisotopic (exact) mass is 500 g/mol.